The van der Waals surface area contributed by atoms with Crippen molar-refractivity contribution in [1.29, 1.82) is 0 Å². The number of phenolic OH excluding ortho intramolecular Hbond substituents is 2. The van der Waals surface area contributed by atoms with Crippen molar-refractivity contribution >= 4 is 17.3 Å². The third-order valence-corrected chi connectivity index (χ3v) is 6.59. The van der Waals surface area contributed by atoms with Gasteiger partial charge in [0.1, 0.15) is 11.5 Å². The summed E-state index contributed by atoms with van der Waals surface area (Å²) in [6, 6.07) is 11.7. The van der Waals surface area contributed by atoms with Gasteiger partial charge in [-0.15, -0.1) is 0 Å². The normalized spacial score (nSPS) is 17.0. The Balaban J connectivity index is 1.32. The van der Waals surface area contributed by atoms with Gasteiger partial charge in [0.2, 0.25) is 0 Å². The van der Waals surface area contributed by atoms with Gasteiger partial charge in [0.05, 0.1) is 16.3 Å². The third-order valence-electron chi connectivity index (χ3n) is 6.29. The molecule has 1 aromatic heterocycles. The molecule has 0 amide bonds. The summed E-state index contributed by atoms with van der Waals surface area (Å²) in [7, 11) is 0. The SMILES string of the molecule is Oc1cc(O)c(-c2onc3c2CN(Cc2ccc(N4CCCCC4)cc2)CC3)cc1Cl. The van der Waals surface area contributed by atoms with Gasteiger partial charge in [0.25, 0.3) is 0 Å². The van der Waals surface area contributed by atoms with Crippen LogP contribution < -0.4 is 4.90 Å². The van der Waals surface area contributed by atoms with Crippen molar-refractivity contribution < 1.29 is 14.7 Å². The van der Waals surface area contributed by atoms with Crippen LogP contribution in [-0.2, 0) is 19.5 Å². The molecular weight excluding hydrogens is 414 g/mol. The summed E-state index contributed by atoms with van der Waals surface area (Å²) in [4.78, 5) is 4.83. The van der Waals surface area contributed by atoms with E-state index in [9.17, 15) is 10.2 Å². The van der Waals surface area contributed by atoms with Crippen LogP contribution in [0.1, 0.15) is 36.1 Å². The van der Waals surface area contributed by atoms with Crippen LogP contribution in [0.5, 0.6) is 11.5 Å². The number of benzene rings is 2. The number of piperidine rings is 1. The van der Waals surface area contributed by atoms with Crippen molar-refractivity contribution in [1.82, 2.24) is 10.1 Å². The number of hydrogen-bond acceptors (Lipinski definition) is 6. The highest BCUT2D eigenvalue weighted by molar-refractivity contribution is 6.32. The zero-order chi connectivity index (χ0) is 21.4. The standard InChI is InChI=1S/C24H26ClN3O3/c25-20-12-18(22(29)13-23(20)30)24-19-15-27(11-8-21(19)26-31-24)14-16-4-6-17(7-5-16)28-9-2-1-3-10-28/h4-7,12-13,29-30H,1-3,8-11,14-15H2. The van der Waals surface area contributed by atoms with Crippen molar-refractivity contribution in [2.75, 3.05) is 24.5 Å². The molecule has 0 bridgehead atoms. The van der Waals surface area contributed by atoms with Gasteiger partial charge in [-0.3, -0.25) is 4.90 Å². The van der Waals surface area contributed by atoms with Gasteiger partial charge in [0, 0.05) is 56.5 Å². The molecule has 2 aromatic carbocycles. The molecule has 0 spiro atoms. The van der Waals surface area contributed by atoms with Gasteiger partial charge in [-0.2, -0.15) is 0 Å². The van der Waals surface area contributed by atoms with Gasteiger partial charge in [-0.05, 0) is 43.0 Å². The van der Waals surface area contributed by atoms with Crippen molar-refractivity contribution in [3.8, 4) is 22.8 Å². The predicted octanol–water partition coefficient (Wildman–Crippen LogP) is 4.95. The molecule has 2 aliphatic heterocycles. The van der Waals surface area contributed by atoms with Gasteiger partial charge in [0.15, 0.2) is 5.76 Å². The number of phenols is 2. The summed E-state index contributed by atoms with van der Waals surface area (Å²) in [5.41, 5.74) is 4.91. The van der Waals surface area contributed by atoms with E-state index in [2.05, 4.69) is 39.2 Å². The molecular formula is C24H26ClN3O3. The van der Waals surface area contributed by atoms with E-state index in [1.807, 2.05) is 0 Å². The van der Waals surface area contributed by atoms with Gasteiger partial charge >= 0.3 is 0 Å². The Morgan fingerprint density at radius 3 is 2.52 bits per heavy atom. The Morgan fingerprint density at radius 1 is 0.968 bits per heavy atom. The highest BCUT2D eigenvalue weighted by Crippen LogP contribution is 2.40. The van der Waals surface area contributed by atoms with Crippen LogP contribution in [0.15, 0.2) is 40.9 Å². The minimum Gasteiger partial charge on any atom is -0.507 e. The molecule has 6 nitrogen and oxygen atoms in total. The van der Waals surface area contributed by atoms with E-state index in [0.717, 1.165) is 43.9 Å². The second kappa shape index (κ2) is 8.44. The second-order valence-corrected chi connectivity index (χ2v) is 8.84. The fourth-order valence-electron chi connectivity index (χ4n) is 4.57. The molecule has 2 N–H and O–H groups in total. The Morgan fingerprint density at radius 2 is 1.74 bits per heavy atom. The summed E-state index contributed by atoms with van der Waals surface area (Å²) in [6.45, 7) is 4.72. The van der Waals surface area contributed by atoms with Gasteiger partial charge in [-0.1, -0.05) is 28.9 Å². The van der Waals surface area contributed by atoms with Crippen molar-refractivity contribution in [2.45, 2.75) is 38.8 Å². The van der Waals surface area contributed by atoms with E-state index in [1.165, 1.54) is 42.6 Å². The molecule has 3 heterocycles. The Hall–Kier alpha value is -2.70. The highest BCUT2D eigenvalue weighted by Gasteiger charge is 2.27. The molecule has 2 aliphatic rings. The number of fused-ring (bicyclic) bond motifs is 1. The molecule has 7 heteroatoms. The average Bonchev–Trinajstić information content (AvgIpc) is 3.20. The molecule has 0 atom stereocenters. The van der Waals surface area contributed by atoms with Crippen LogP contribution in [0.4, 0.5) is 5.69 Å². The number of anilines is 1. The molecule has 0 unspecified atom stereocenters. The Bertz CT molecular complexity index is 1070. The first-order valence-corrected chi connectivity index (χ1v) is 11.2. The molecule has 0 radical (unpaired) electrons. The Labute approximate surface area is 186 Å². The van der Waals surface area contributed by atoms with Crippen LogP contribution >= 0.6 is 11.6 Å². The number of aromatic hydroxyl groups is 2. The number of nitrogens with zero attached hydrogens (tertiary/aromatic N) is 3. The minimum absolute atomic E-state index is 0.0775. The van der Waals surface area contributed by atoms with Crippen LogP contribution in [0.3, 0.4) is 0 Å². The maximum Gasteiger partial charge on any atom is 0.175 e. The zero-order valence-corrected chi connectivity index (χ0v) is 18.1. The van der Waals surface area contributed by atoms with Gasteiger partial charge < -0.3 is 19.6 Å². The van der Waals surface area contributed by atoms with E-state index in [1.54, 1.807) is 0 Å². The van der Waals surface area contributed by atoms with E-state index >= 15 is 0 Å². The Kier molecular flexibility index (Phi) is 5.50. The maximum absolute atomic E-state index is 10.3. The average molecular weight is 440 g/mol. The molecule has 3 aromatic rings. The third kappa shape index (κ3) is 4.10. The first-order chi connectivity index (χ1) is 15.1. The van der Waals surface area contributed by atoms with E-state index < -0.39 is 0 Å². The second-order valence-electron chi connectivity index (χ2n) is 8.43. The van der Waals surface area contributed by atoms with E-state index in [-0.39, 0.29) is 16.5 Å². The predicted molar refractivity (Wildman–Crippen MR) is 121 cm³/mol. The summed E-state index contributed by atoms with van der Waals surface area (Å²) in [5.74, 6) is 0.275. The largest absolute Gasteiger partial charge is 0.507 e. The van der Waals surface area contributed by atoms with Crippen LogP contribution in [0.25, 0.3) is 11.3 Å². The topological polar surface area (TPSA) is 73.0 Å². The van der Waals surface area contributed by atoms with E-state index in [0.29, 0.717) is 17.9 Å². The zero-order valence-electron chi connectivity index (χ0n) is 17.4. The number of halogens is 1. The molecule has 5 rings (SSSR count). The molecule has 162 valence electrons. The molecule has 1 fully saturated rings. The molecule has 0 aliphatic carbocycles. The highest BCUT2D eigenvalue weighted by atomic mass is 35.5. The van der Waals surface area contributed by atoms with Crippen molar-refractivity contribution in [3.05, 3.63) is 58.2 Å². The monoisotopic (exact) mass is 439 g/mol. The molecule has 31 heavy (non-hydrogen) atoms. The summed E-state index contributed by atoms with van der Waals surface area (Å²) >= 11 is 6.05. The lowest BCUT2D eigenvalue weighted by molar-refractivity contribution is 0.245. The quantitative estimate of drug-likeness (QED) is 0.599. The smallest absolute Gasteiger partial charge is 0.175 e. The lowest BCUT2D eigenvalue weighted by Crippen LogP contribution is -2.30. The fraction of sp³-hybridized carbons (Fsp3) is 0.375. The lowest BCUT2D eigenvalue weighted by Gasteiger charge is -2.29. The van der Waals surface area contributed by atoms with Crippen LogP contribution in [-0.4, -0.2) is 39.9 Å². The van der Waals surface area contributed by atoms with Crippen molar-refractivity contribution in [2.24, 2.45) is 0 Å². The van der Waals surface area contributed by atoms with Crippen LogP contribution in [0.2, 0.25) is 5.02 Å². The maximum atomic E-state index is 10.3. The summed E-state index contributed by atoms with van der Waals surface area (Å²) < 4.78 is 5.58. The summed E-state index contributed by atoms with van der Waals surface area (Å²) in [6.07, 6.45) is 4.68. The first-order valence-electron chi connectivity index (χ1n) is 10.8. The molecule has 1 saturated heterocycles. The minimum atomic E-state index is -0.161. The lowest BCUT2D eigenvalue weighted by atomic mass is 10.00. The fourth-order valence-corrected chi connectivity index (χ4v) is 4.73. The van der Waals surface area contributed by atoms with Gasteiger partial charge in [-0.25, -0.2) is 0 Å². The van der Waals surface area contributed by atoms with Crippen molar-refractivity contribution in [3.63, 3.8) is 0 Å². The van der Waals surface area contributed by atoms with Crippen LogP contribution in [0, 0.1) is 0 Å². The van der Waals surface area contributed by atoms with E-state index in [4.69, 9.17) is 16.1 Å². The first kappa shape index (κ1) is 20.2. The number of aromatic nitrogens is 1. The summed E-state index contributed by atoms with van der Waals surface area (Å²) in [5, 5.41) is 24.4. The number of rotatable bonds is 4. The molecule has 0 saturated carbocycles. The number of hydrogen-bond donors (Lipinski definition) is 2.